The summed E-state index contributed by atoms with van der Waals surface area (Å²) in [6, 6.07) is 5.59. The maximum absolute atomic E-state index is 14.2. The molecule has 2 aliphatic heterocycles. The quantitative estimate of drug-likeness (QED) is 0.556. The van der Waals surface area contributed by atoms with Gasteiger partial charge in [0.2, 0.25) is 23.6 Å². The Kier molecular flexibility index (Phi) is 7.57. The van der Waals surface area contributed by atoms with Gasteiger partial charge in [-0.1, -0.05) is 25.0 Å². The van der Waals surface area contributed by atoms with Gasteiger partial charge in [0.25, 0.3) is 0 Å². The van der Waals surface area contributed by atoms with Crippen molar-refractivity contribution in [3.63, 3.8) is 0 Å². The Bertz CT molecular complexity index is 988. The number of hydrogen-bond acceptors (Lipinski definition) is 4. The molecule has 7 nitrogen and oxygen atoms in total. The van der Waals surface area contributed by atoms with E-state index >= 15 is 0 Å². The minimum absolute atomic E-state index is 0.0480. The molecule has 190 valence electrons. The van der Waals surface area contributed by atoms with Crippen LogP contribution in [0.15, 0.2) is 24.3 Å². The number of amides is 4. The van der Waals surface area contributed by atoms with E-state index in [-0.39, 0.29) is 48.4 Å². The van der Waals surface area contributed by atoms with Crippen LogP contribution in [0.1, 0.15) is 70.8 Å². The molecule has 3 aliphatic rings. The maximum atomic E-state index is 14.2. The molecule has 0 bridgehead atoms. The van der Waals surface area contributed by atoms with Gasteiger partial charge in [0.1, 0.15) is 5.82 Å². The fourth-order valence-electron chi connectivity index (χ4n) is 6.12. The Morgan fingerprint density at radius 2 is 1.80 bits per heavy atom. The number of likely N-dealkylation sites (tertiary alicyclic amines) is 2. The molecule has 35 heavy (non-hydrogen) atoms. The van der Waals surface area contributed by atoms with E-state index in [0.29, 0.717) is 38.2 Å². The van der Waals surface area contributed by atoms with E-state index in [2.05, 4.69) is 0 Å². The molecule has 2 atom stereocenters. The molecule has 2 heterocycles. The summed E-state index contributed by atoms with van der Waals surface area (Å²) in [5.74, 6) is -1.66. The molecule has 1 aliphatic carbocycles. The molecule has 0 spiro atoms. The second kappa shape index (κ2) is 10.5. The van der Waals surface area contributed by atoms with E-state index in [4.69, 9.17) is 0 Å². The second-order valence-corrected chi connectivity index (χ2v) is 10.1. The largest absolute Gasteiger partial charge is 0.343 e. The topological polar surface area (TPSA) is 78.0 Å². The van der Waals surface area contributed by atoms with Gasteiger partial charge in [-0.25, -0.2) is 4.39 Å². The van der Waals surface area contributed by atoms with Crippen molar-refractivity contribution >= 4 is 23.6 Å². The molecule has 1 saturated carbocycles. The number of piperidine rings is 1. The van der Waals surface area contributed by atoms with E-state index in [1.54, 1.807) is 15.9 Å². The summed E-state index contributed by atoms with van der Waals surface area (Å²) in [5, 5.41) is 0. The van der Waals surface area contributed by atoms with Gasteiger partial charge >= 0.3 is 0 Å². The lowest BCUT2D eigenvalue weighted by Crippen LogP contribution is -2.49. The van der Waals surface area contributed by atoms with Crippen LogP contribution < -0.4 is 0 Å². The Morgan fingerprint density at radius 1 is 1.09 bits per heavy atom. The highest BCUT2D eigenvalue weighted by Gasteiger charge is 2.56. The van der Waals surface area contributed by atoms with E-state index in [9.17, 15) is 23.6 Å². The minimum atomic E-state index is -1.41. The standard InChI is InChI=1S/C27H36FN3O4/c1-3-29(4-2)25(34)19-9-8-14-30(18-19)23(32)16-27(20-10-7-11-21(28)15-20)17-24(33)31(26(27)35)22-12-5-6-13-22/h7,10-11,15,19,22H,3-6,8-9,12-14,16-18H2,1-2H3/t19-,27-/m0/s1. The van der Waals surface area contributed by atoms with Gasteiger partial charge in [0, 0.05) is 45.1 Å². The SMILES string of the molecule is CCN(CC)C(=O)[C@H]1CCCN(C(=O)C[C@@]2(c3cccc(F)c3)CC(=O)N(C3CCCC3)C2=O)C1. The Balaban J connectivity index is 1.60. The summed E-state index contributed by atoms with van der Waals surface area (Å²) in [5.41, 5.74) is -1.04. The van der Waals surface area contributed by atoms with Crippen LogP contribution in [0.5, 0.6) is 0 Å². The first-order valence-electron chi connectivity index (χ1n) is 13.0. The van der Waals surface area contributed by atoms with Crippen molar-refractivity contribution in [2.75, 3.05) is 26.2 Å². The van der Waals surface area contributed by atoms with Crippen molar-refractivity contribution in [2.45, 2.75) is 76.7 Å². The van der Waals surface area contributed by atoms with Gasteiger partial charge in [-0.2, -0.15) is 0 Å². The number of carbonyl (C=O) groups excluding carboxylic acids is 4. The molecule has 0 N–H and O–H groups in total. The number of benzene rings is 1. The molecule has 0 unspecified atom stereocenters. The Hall–Kier alpha value is -2.77. The van der Waals surface area contributed by atoms with Gasteiger partial charge in [-0.3, -0.25) is 24.1 Å². The summed E-state index contributed by atoms with van der Waals surface area (Å²) in [7, 11) is 0. The van der Waals surface area contributed by atoms with Crippen molar-refractivity contribution in [1.82, 2.24) is 14.7 Å². The summed E-state index contributed by atoms with van der Waals surface area (Å²) in [4.78, 5) is 58.3. The normalized spacial score (nSPS) is 25.4. The Morgan fingerprint density at radius 3 is 2.46 bits per heavy atom. The monoisotopic (exact) mass is 485 g/mol. The summed E-state index contributed by atoms with van der Waals surface area (Å²) in [6.45, 7) is 5.94. The van der Waals surface area contributed by atoms with Crippen LogP contribution in [0.25, 0.3) is 0 Å². The van der Waals surface area contributed by atoms with E-state index in [0.717, 1.165) is 32.1 Å². The summed E-state index contributed by atoms with van der Waals surface area (Å²) in [6.07, 6.45) is 4.56. The minimum Gasteiger partial charge on any atom is -0.343 e. The van der Waals surface area contributed by atoms with Gasteiger partial charge in [-0.15, -0.1) is 0 Å². The molecule has 8 heteroatoms. The first kappa shape index (κ1) is 25.3. The molecule has 2 saturated heterocycles. The number of halogens is 1. The highest BCUT2D eigenvalue weighted by atomic mass is 19.1. The smallest absolute Gasteiger partial charge is 0.241 e. The molecule has 1 aromatic carbocycles. The van der Waals surface area contributed by atoms with E-state index in [1.807, 2.05) is 13.8 Å². The van der Waals surface area contributed by atoms with Crippen molar-refractivity contribution in [2.24, 2.45) is 5.92 Å². The highest BCUT2D eigenvalue weighted by molar-refractivity contribution is 6.11. The number of nitrogens with zero attached hydrogens (tertiary/aromatic N) is 3. The fourth-order valence-corrected chi connectivity index (χ4v) is 6.12. The number of hydrogen-bond donors (Lipinski definition) is 0. The highest BCUT2D eigenvalue weighted by Crippen LogP contribution is 2.43. The van der Waals surface area contributed by atoms with Crippen molar-refractivity contribution < 1.29 is 23.6 Å². The average molecular weight is 486 g/mol. The summed E-state index contributed by atoms with van der Waals surface area (Å²) < 4.78 is 14.2. The molecule has 1 aromatic rings. The molecule has 3 fully saturated rings. The third-order valence-corrected chi connectivity index (χ3v) is 8.07. The molecular formula is C27H36FN3O4. The predicted octanol–water partition coefficient (Wildman–Crippen LogP) is 3.26. The molecular weight excluding hydrogens is 449 g/mol. The predicted molar refractivity (Wildman–Crippen MR) is 129 cm³/mol. The van der Waals surface area contributed by atoms with Crippen LogP contribution >= 0.6 is 0 Å². The van der Waals surface area contributed by atoms with Gasteiger partial charge < -0.3 is 9.80 Å². The van der Waals surface area contributed by atoms with Crippen LogP contribution in [0.2, 0.25) is 0 Å². The third-order valence-electron chi connectivity index (χ3n) is 8.07. The van der Waals surface area contributed by atoms with Crippen LogP contribution in [0.3, 0.4) is 0 Å². The molecule has 0 aromatic heterocycles. The molecule has 4 amide bonds. The lowest BCUT2D eigenvalue weighted by molar-refractivity contribution is -0.146. The van der Waals surface area contributed by atoms with E-state index in [1.165, 1.54) is 23.1 Å². The van der Waals surface area contributed by atoms with Gasteiger partial charge in [0.05, 0.1) is 11.3 Å². The van der Waals surface area contributed by atoms with Gasteiger partial charge in [0.15, 0.2) is 0 Å². The molecule has 4 rings (SSSR count). The van der Waals surface area contributed by atoms with Crippen molar-refractivity contribution in [3.05, 3.63) is 35.6 Å². The first-order chi connectivity index (χ1) is 16.8. The van der Waals surface area contributed by atoms with Crippen LogP contribution in [-0.4, -0.2) is 70.5 Å². The second-order valence-electron chi connectivity index (χ2n) is 10.1. The van der Waals surface area contributed by atoms with Crippen molar-refractivity contribution in [3.8, 4) is 0 Å². The van der Waals surface area contributed by atoms with Crippen LogP contribution in [0.4, 0.5) is 4.39 Å². The average Bonchev–Trinajstić information content (AvgIpc) is 3.46. The number of rotatable bonds is 7. The number of imide groups is 1. The lowest BCUT2D eigenvalue weighted by Gasteiger charge is -2.36. The first-order valence-corrected chi connectivity index (χ1v) is 13.0. The maximum Gasteiger partial charge on any atom is 0.241 e. The van der Waals surface area contributed by atoms with Crippen LogP contribution in [0, 0.1) is 11.7 Å². The van der Waals surface area contributed by atoms with Crippen LogP contribution in [-0.2, 0) is 24.6 Å². The number of carbonyl (C=O) groups is 4. The van der Waals surface area contributed by atoms with Gasteiger partial charge in [-0.05, 0) is 57.2 Å². The third kappa shape index (κ3) is 4.84. The summed E-state index contributed by atoms with van der Waals surface area (Å²) >= 11 is 0. The fraction of sp³-hybridized carbons (Fsp3) is 0.630. The Labute approximate surface area is 206 Å². The zero-order chi connectivity index (χ0) is 25.2. The van der Waals surface area contributed by atoms with E-state index < -0.39 is 11.2 Å². The molecule has 0 radical (unpaired) electrons. The zero-order valence-electron chi connectivity index (χ0n) is 20.8. The lowest BCUT2D eigenvalue weighted by atomic mass is 9.75. The zero-order valence-corrected chi connectivity index (χ0v) is 20.8. The van der Waals surface area contributed by atoms with Crippen molar-refractivity contribution in [1.29, 1.82) is 0 Å².